The number of rotatable bonds is 7. The number of sulfonamides is 1. The number of para-hydroxylation sites is 1. The molecule has 138 valence electrons. The average Bonchev–Trinajstić information content (AvgIpc) is 2.61. The van der Waals surface area contributed by atoms with Crippen LogP contribution in [0.3, 0.4) is 0 Å². The van der Waals surface area contributed by atoms with Gasteiger partial charge in [-0.25, -0.2) is 8.42 Å². The molecule has 2 aromatic rings. The average molecular weight is 372 g/mol. The van der Waals surface area contributed by atoms with Gasteiger partial charge in [0.1, 0.15) is 0 Å². The van der Waals surface area contributed by atoms with Gasteiger partial charge in [0.2, 0.25) is 0 Å². The van der Waals surface area contributed by atoms with Crippen molar-refractivity contribution in [3.05, 3.63) is 71.8 Å². The maximum Gasteiger partial charge on any atom is 0.261 e. The summed E-state index contributed by atoms with van der Waals surface area (Å²) in [6, 6.07) is 13.1. The summed E-state index contributed by atoms with van der Waals surface area (Å²) in [5.74, 6) is -0.147. The van der Waals surface area contributed by atoms with Crippen LogP contribution in [0.2, 0.25) is 0 Å². The molecule has 0 fully saturated rings. The maximum absolute atomic E-state index is 12.6. The van der Waals surface area contributed by atoms with E-state index in [2.05, 4.69) is 11.3 Å². The highest BCUT2D eigenvalue weighted by Gasteiger charge is 2.18. The zero-order valence-electron chi connectivity index (χ0n) is 15.3. The number of hydrogen-bond acceptors (Lipinski definition) is 3. The Hall–Kier alpha value is -2.60. The van der Waals surface area contributed by atoms with Crippen LogP contribution < -0.4 is 4.72 Å². The second-order valence-electron chi connectivity index (χ2n) is 6.22. The molecular formula is C20H24N2O3S. The van der Waals surface area contributed by atoms with E-state index in [1.807, 2.05) is 32.9 Å². The predicted octanol–water partition coefficient (Wildman–Crippen LogP) is 3.83. The van der Waals surface area contributed by atoms with Crippen molar-refractivity contribution in [1.29, 1.82) is 0 Å². The van der Waals surface area contributed by atoms with Crippen LogP contribution in [-0.4, -0.2) is 32.3 Å². The van der Waals surface area contributed by atoms with Crippen molar-refractivity contribution in [3.63, 3.8) is 0 Å². The molecule has 0 spiro atoms. The molecule has 0 saturated carbocycles. The van der Waals surface area contributed by atoms with Crippen molar-refractivity contribution in [1.82, 2.24) is 4.90 Å². The normalized spacial score (nSPS) is 11.0. The fourth-order valence-corrected chi connectivity index (χ4v) is 3.63. The summed E-state index contributed by atoms with van der Waals surface area (Å²) >= 11 is 0. The van der Waals surface area contributed by atoms with E-state index in [1.54, 1.807) is 17.0 Å². The molecule has 1 N–H and O–H groups in total. The lowest BCUT2D eigenvalue weighted by atomic mass is 10.2. The predicted molar refractivity (Wildman–Crippen MR) is 105 cm³/mol. The third kappa shape index (κ3) is 4.73. The Bertz CT molecular complexity index is 903. The second kappa shape index (κ2) is 8.19. The van der Waals surface area contributed by atoms with Gasteiger partial charge in [-0.3, -0.25) is 9.52 Å². The molecule has 5 nitrogen and oxygen atoms in total. The number of aryl methyl sites for hydroxylation is 1. The van der Waals surface area contributed by atoms with Crippen molar-refractivity contribution in [2.45, 2.75) is 25.7 Å². The highest BCUT2D eigenvalue weighted by molar-refractivity contribution is 7.92. The number of amides is 1. The van der Waals surface area contributed by atoms with E-state index in [4.69, 9.17) is 0 Å². The van der Waals surface area contributed by atoms with E-state index in [-0.39, 0.29) is 10.8 Å². The van der Waals surface area contributed by atoms with Crippen LogP contribution in [-0.2, 0) is 10.0 Å². The number of benzene rings is 2. The summed E-state index contributed by atoms with van der Waals surface area (Å²) in [6.07, 6.45) is 0. The van der Waals surface area contributed by atoms with Gasteiger partial charge < -0.3 is 4.90 Å². The van der Waals surface area contributed by atoms with E-state index in [1.165, 1.54) is 24.3 Å². The van der Waals surface area contributed by atoms with Gasteiger partial charge in [0.25, 0.3) is 15.9 Å². The number of nitrogens with zero attached hydrogens (tertiary/aromatic N) is 1. The highest BCUT2D eigenvalue weighted by Crippen LogP contribution is 2.20. The van der Waals surface area contributed by atoms with Crippen molar-refractivity contribution in [2.24, 2.45) is 0 Å². The largest absolute Gasteiger partial charge is 0.335 e. The van der Waals surface area contributed by atoms with E-state index < -0.39 is 10.0 Å². The lowest BCUT2D eigenvalue weighted by Gasteiger charge is -2.21. The first-order valence-electron chi connectivity index (χ1n) is 8.36. The first-order valence-corrected chi connectivity index (χ1v) is 9.85. The number of nitrogens with one attached hydrogen (secondary N) is 1. The second-order valence-corrected chi connectivity index (χ2v) is 7.90. The maximum atomic E-state index is 12.6. The van der Waals surface area contributed by atoms with Crippen LogP contribution >= 0.6 is 0 Å². The molecule has 0 aliphatic carbocycles. The summed E-state index contributed by atoms with van der Waals surface area (Å²) in [5, 5.41) is 0. The monoisotopic (exact) mass is 372 g/mol. The van der Waals surface area contributed by atoms with Crippen molar-refractivity contribution in [3.8, 4) is 0 Å². The molecule has 1 amide bonds. The molecule has 26 heavy (non-hydrogen) atoms. The Morgan fingerprint density at radius 1 is 1.12 bits per heavy atom. The Morgan fingerprint density at radius 3 is 2.27 bits per heavy atom. The van der Waals surface area contributed by atoms with Gasteiger partial charge in [-0.05, 0) is 56.7 Å². The van der Waals surface area contributed by atoms with E-state index in [9.17, 15) is 13.2 Å². The van der Waals surface area contributed by atoms with Gasteiger partial charge in [0.05, 0.1) is 10.6 Å². The third-order valence-electron chi connectivity index (χ3n) is 3.93. The first-order chi connectivity index (χ1) is 12.2. The lowest BCUT2D eigenvalue weighted by molar-refractivity contribution is 0.0778. The van der Waals surface area contributed by atoms with Gasteiger partial charge in [-0.2, -0.15) is 0 Å². The summed E-state index contributed by atoms with van der Waals surface area (Å²) in [4.78, 5) is 14.3. The Labute approximate surface area is 155 Å². The minimum Gasteiger partial charge on any atom is -0.335 e. The summed E-state index contributed by atoms with van der Waals surface area (Å²) in [6.45, 7) is 10.5. The Balaban J connectivity index is 2.21. The lowest BCUT2D eigenvalue weighted by Crippen LogP contribution is -2.32. The van der Waals surface area contributed by atoms with Crippen LogP contribution in [0.4, 0.5) is 5.69 Å². The topological polar surface area (TPSA) is 66.5 Å². The van der Waals surface area contributed by atoms with Gasteiger partial charge in [0, 0.05) is 18.7 Å². The highest BCUT2D eigenvalue weighted by atomic mass is 32.2. The molecule has 2 aromatic carbocycles. The molecule has 0 aliphatic heterocycles. The van der Waals surface area contributed by atoms with E-state index >= 15 is 0 Å². The molecule has 0 aliphatic rings. The number of likely N-dealkylation sites (N-methyl/N-ethyl adjacent to an activating group) is 1. The Morgan fingerprint density at radius 2 is 1.73 bits per heavy atom. The number of anilines is 1. The standard InChI is InChI=1S/C20H24N2O3S/c1-5-22(14-15(2)3)20(23)17-10-12-18(13-11-17)26(24,25)21-19-9-7-6-8-16(19)4/h6-13,21H,2,5,14H2,1,3-4H3. The van der Waals surface area contributed by atoms with Crippen LogP contribution in [0.25, 0.3) is 0 Å². The molecule has 0 atom stereocenters. The summed E-state index contributed by atoms with van der Waals surface area (Å²) in [7, 11) is -3.71. The Kier molecular flexibility index (Phi) is 6.21. The molecule has 0 bridgehead atoms. The quantitative estimate of drug-likeness (QED) is 0.751. The fraction of sp³-hybridized carbons (Fsp3) is 0.250. The molecule has 6 heteroatoms. The van der Waals surface area contributed by atoms with Gasteiger partial charge in [0.15, 0.2) is 0 Å². The number of hydrogen-bond donors (Lipinski definition) is 1. The molecule has 0 aromatic heterocycles. The molecule has 0 saturated heterocycles. The summed E-state index contributed by atoms with van der Waals surface area (Å²) in [5.41, 5.74) is 2.71. The van der Waals surface area contributed by atoms with Crippen LogP contribution in [0.15, 0.2) is 65.6 Å². The van der Waals surface area contributed by atoms with Crippen molar-refractivity contribution < 1.29 is 13.2 Å². The molecule has 0 heterocycles. The number of carbonyl (C=O) groups is 1. The van der Waals surface area contributed by atoms with Crippen LogP contribution in [0, 0.1) is 6.92 Å². The van der Waals surface area contributed by atoms with E-state index in [0.29, 0.717) is 24.3 Å². The minimum atomic E-state index is -3.71. The van der Waals surface area contributed by atoms with Crippen LogP contribution in [0.5, 0.6) is 0 Å². The molecule has 0 radical (unpaired) electrons. The molecule has 2 rings (SSSR count). The van der Waals surface area contributed by atoms with Gasteiger partial charge in [-0.1, -0.05) is 30.4 Å². The zero-order chi connectivity index (χ0) is 19.3. The third-order valence-corrected chi connectivity index (χ3v) is 5.31. The smallest absolute Gasteiger partial charge is 0.261 e. The SMILES string of the molecule is C=C(C)CN(CC)C(=O)c1ccc(S(=O)(=O)Nc2ccccc2C)cc1. The van der Waals surface area contributed by atoms with Gasteiger partial charge in [-0.15, -0.1) is 0 Å². The summed E-state index contributed by atoms with van der Waals surface area (Å²) < 4.78 is 27.7. The molecular weight excluding hydrogens is 348 g/mol. The zero-order valence-corrected chi connectivity index (χ0v) is 16.1. The van der Waals surface area contributed by atoms with Gasteiger partial charge >= 0.3 is 0 Å². The van der Waals surface area contributed by atoms with Crippen molar-refractivity contribution >= 4 is 21.6 Å². The van der Waals surface area contributed by atoms with Crippen LogP contribution in [0.1, 0.15) is 29.8 Å². The fourth-order valence-electron chi connectivity index (χ4n) is 2.50. The number of carbonyl (C=O) groups excluding carboxylic acids is 1. The minimum absolute atomic E-state index is 0.111. The first kappa shape index (κ1) is 19.7. The van der Waals surface area contributed by atoms with Crippen molar-refractivity contribution in [2.75, 3.05) is 17.8 Å². The van der Waals surface area contributed by atoms with E-state index in [0.717, 1.165) is 11.1 Å². The molecule has 0 unspecified atom stereocenters.